The molecule has 0 aliphatic carbocycles. The van der Waals surface area contributed by atoms with Gasteiger partial charge >= 0.3 is 0 Å². The smallest absolute Gasteiger partial charge is 0.118 e. The van der Waals surface area contributed by atoms with Crippen LogP contribution in [-0.4, -0.2) is 30.5 Å². The number of nitrogens with one attached hydrogen (secondary N) is 1. The summed E-state index contributed by atoms with van der Waals surface area (Å²) in [4.78, 5) is 0. The molecule has 0 aliphatic rings. The molecular weight excluding hydrogens is 205 g/mol. The fraction of sp³-hybridized carbons (Fsp3) is 1.00. The molecule has 0 aromatic carbocycles. The Balaban J connectivity index is 3.61. The van der Waals surface area contributed by atoms with E-state index in [1.165, 1.54) is 6.42 Å². The predicted octanol–water partition coefficient (Wildman–Crippen LogP) is 3.05. The van der Waals surface area contributed by atoms with E-state index in [0.717, 1.165) is 38.6 Å². The molecule has 0 saturated carbocycles. The van der Waals surface area contributed by atoms with Gasteiger partial charge in [0.1, 0.15) is 6.17 Å². The van der Waals surface area contributed by atoms with Crippen LogP contribution in [0.3, 0.4) is 0 Å². The SMILES string of the molecule is CCCCCNC(CO)C(F)CCCCC. The topological polar surface area (TPSA) is 32.3 Å². The molecule has 0 spiro atoms. The highest BCUT2D eigenvalue weighted by molar-refractivity contribution is 4.75. The molecule has 0 saturated heterocycles. The fourth-order valence-electron chi connectivity index (χ4n) is 1.76. The number of halogens is 1. The summed E-state index contributed by atoms with van der Waals surface area (Å²) in [5.41, 5.74) is 0. The molecule has 0 fully saturated rings. The third-order valence-electron chi connectivity index (χ3n) is 2.90. The minimum absolute atomic E-state index is 0.0978. The van der Waals surface area contributed by atoms with Gasteiger partial charge in [0.05, 0.1) is 12.6 Å². The first-order valence-electron chi connectivity index (χ1n) is 6.74. The van der Waals surface area contributed by atoms with Crippen LogP contribution in [-0.2, 0) is 0 Å². The van der Waals surface area contributed by atoms with Gasteiger partial charge in [-0.25, -0.2) is 4.39 Å². The van der Waals surface area contributed by atoms with Crippen LogP contribution in [0.5, 0.6) is 0 Å². The Bertz CT molecular complexity index is 144. The highest BCUT2D eigenvalue weighted by atomic mass is 19.1. The highest BCUT2D eigenvalue weighted by Crippen LogP contribution is 2.10. The van der Waals surface area contributed by atoms with Crippen LogP contribution >= 0.6 is 0 Å². The molecule has 0 rings (SSSR count). The monoisotopic (exact) mass is 233 g/mol. The van der Waals surface area contributed by atoms with Crippen LogP contribution in [0, 0.1) is 0 Å². The van der Waals surface area contributed by atoms with E-state index in [2.05, 4.69) is 19.2 Å². The molecule has 2 unspecified atom stereocenters. The van der Waals surface area contributed by atoms with Gasteiger partial charge in [-0.1, -0.05) is 46.0 Å². The molecule has 0 bridgehead atoms. The maximum Gasteiger partial charge on any atom is 0.118 e. The predicted molar refractivity (Wildman–Crippen MR) is 67.4 cm³/mol. The fourth-order valence-corrected chi connectivity index (χ4v) is 1.76. The molecular formula is C13H28FNO. The molecule has 0 aliphatic heterocycles. The molecule has 0 heterocycles. The number of rotatable bonds is 11. The van der Waals surface area contributed by atoms with Crippen molar-refractivity contribution in [2.24, 2.45) is 0 Å². The van der Waals surface area contributed by atoms with Gasteiger partial charge in [-0.15, -0.1) is 0 Å². The average Bonchev–Trinajstić information content (AvgIpc) is 2.29. The maximum absolute atomic E-state index is 13.7. The summed E-state index contributed by atoms with van der Waals surface area (Å²) in [5.74, 6) is 0. The summed E-state index contributed by atoms with van der Waals surface area (Å²) in [7, 11) is 0. The van der Waals surface area contributed by atoms with Crippen molar-refractivity contribution in [3.05, 3.63) is 0 Å². The molecule has 98 valence electrons. The van der Waals surface area contributed by atoms with Crippen LogP contribution in [0.1, 0.15) is 58.8 Å². The Labute approximate surface area is 99.6 Å². The Morgan fingerprint density at radius 3 is 2.25 bits per heavy atom. The molecule has 0 amide bonds. The van der Waals surface area contributed by atoms with Gasteiger partial charge in [0.25, 0.3) is 0 Å². The molecule has 0 aromatic rings. The number of aliphatic hydroxyl groups is 1. The normalized spacial score (nSPS) is 15.0. The number of alkyl halides is 1. The van der Waals surface area contributed by atoms with Crippen molar-refractivity contribution < 1.29 is 9.50 Å². The van der Waals surface area contributed by atoms with Crippen molar-refractivity contribution in [3.8, 4) is 0 Å². The second-order valence-electron chi connectivity index (χ2n) is 4.46. The van der Waals surface area contributed by atoms with Crippen molar-refractivity contribution in [3.63, 3.8) is 0 Å². The van der Waals surface area contributed by atoms with E-state index in [1.54, 1.807) is 0 Å². The number of hydrogen-bond donors (Lipinski definition) is 2. The van der Waals surface area contributed by atoms with Crippen LogP contribution in [0.4, 0.5) is 4.39 Å². The van der Waals surface area contributed by atoms with Crippen LogP contribution < -0.4 is 5.32 Å². The van der Waals surface area contributed by atoms with E-state index >= 15 is 0 Å². The van der Waals surface area contributed by atoms with E-state index in [-0.39, 0.29) is 12.6 Å². The summed E-state index contributed by atoms with van der Waals surface area (Å²) in [6.07, 6.45) is 6.17. The zero-order valence-corrected chi connectivity index (χ0v) is 10.8. The summed E-state index contributed by atoms with van der Waals surface area (Å²) in [5, 5.41) is 12.2. The van der Waals surface area contributed by atoms with Gasteiger partial charge in [-0.05, 0) is 19.4 Å². The molecule has 16 heavy (non-hydrogen) atoms. The van der Waals surface area contributed by atoms with E-state index in [0.29, 0.717) is 6.42 Å². The van der Waals surface area contributed by atoms with Gasteiger partial charge in [0.2, 0.25) is 0 Å². The lowest BCUT2D eigenvalue weighted by atomic mass is 10.1. The Morgan fingerprint density at radius 1 is 1.06 bits per heavy atom. The first kappa shape index (κ1) is 15.9. The summed E-state index contributed by atoms with van der Waals surface area (Å²) < 4.78 is 13.7. The van der Waals surface area contributed by atoms with E-state index in [1.807, 2.05) is 0 Å². The molecule has 3 heteroatoms. The summed E-state index contributed by atoms with van der Waals surface area (Å²) in [6, 6.07) is -0.367. The molecule has 2 nitrogen and oxygen atoms in total. The lowest BCUT2D eigenvalue weighted by Gasteiger charge is -2.20. The molecule has 0 aromatic heterocycles. The van der Waals surface area contributed by atoms with E-state index in [9.17, 15) is 4.39 Å². The van der Waals surface area contributed by atoms with Gasteiger partial charge in [0.15, 0.2) is 0 Å². The first-order valence-corrected chi connectivity index (χ1v) is 6.74. The first-order chi connectivity index (χ1) is 7.76. The Hall–Kier alpha value is -0.150. The Kier molecular flexibility index (Phi) is 11.2. The summed E-state index contributed by atoms with van der Waals surface area (Å²) >= 11 is 0. The standard InChI is InChI=1S/C13H28FNO/c1-3-5-7-9-12(14)13(11-16)15-10-8-6-4-2/h12-13,15-16H,3-11H2,1-2H3. The molecule has 2 atom stereocenters. The Morgan fingerprint density at radius 2 is 1.69 bits per heavy atom. The van der Waals surface area contributed by atoms with Crippen molar-refractivity contribution in [2.45, 2.75) is 71.0 Å². The maximum atomic E-state index is 13.7. The van der Waals surface area contributed by atoms with Gasteiger partial charge < -0.3 is 10.4 Å². The van der Waals surface area contributed by atoms with Crippen LogP contribution in [0.15, 0.2) is 0 Å². The van der Waals surface area contributed by atoms with Crippen molar-refractivity contribution >= 4 is 0 Å². The number of aliphatic hydroxyl groups excluding tert-OH is 1. The lowest BCUT2D eigenvalue weighted by molar-refractivity contribution is 0.154. The van der Waals surface area contributed by atoms with E-state index in [4.69, 9.17) is 5.11 Å². The largest absolute Gasteiger partial charge is 0.395 e. The van der Waals surface area contributed by atoms with E-state index < -0.39 is 6.17 Å². The van der Waals surface area contributed by atoms with Crippen molar-refractivity contribution in [1.82, 2.24) is 5.32 Å². The summed E-state index contributed by atoms with van der Waals surface area (Å²) in [6.45, 7) is 4.97. The average molecular weight is 233 g/mol. The lowest BCUT2D eigenvalue weighted by Crippen LogP contribution is -2.41. The van der Waals surface area contributed by atoms with Crippen molar-refractivity contribution in [1.29, 1.82) is 0 Å². The van der Waals surface area contributed by atoms with Crippen molar-refractivity contribution in [2.75, 3.05) is 13.2 Å². The highest BCUT2D eigenvalue weighted by Gasteiger charge is 2.18. The number of unbranched alkanes of at least 4 members (excludes halogenated alkanes) is 4. The zero-order chi connectivity index (χ0) is 12.2. The molecule has 2 N–H and O–H groups in total. The molecule has 0 radical (unpaired) electrons. The van der Waals surface area contributed by atoms with Gasteiger partial charge in [0, 0.05) is 0 Å². The van der Waals surface area contributed by atoms with Crippen LogP contribution in [0.2, 0.25) is 0 Å². The van der Waals surface area contributed by atoms with Gasteiger partial charge in [-0.3, -0.25) is 0 Å². The number of hydrogen-bond acceptors (Lipinski definition) is 2. The zero-order valence-electron chi connectivity index (χ0n) is 10.8. The minimum Gasteiger partial charge on any atom is -0.395 e. The van der Waals surface area contributed by atoms with Crippen LogP contribution in [0.25, 0.3) is 0 Å². The third-order valence-corrected chi connectivity index (χ3v) is 2.90. The second kappa shape index (κ2) is 11.3. The second-order valence-corrected chi connectivity index (χ2v) is 4.46. The van der Waals surface area contributed by atoms with Gasteiger partial charge in [-0.2, -0.15) is 0 Å². The minimum atomic E-state index is -0.904. The third kappa shape index (κ3) is 8.05. The quantitative estimate of drug-likeness (QED) is 0.538.